The molecule has 6 heteroatoms. The van der Waals surface area contributed by atoms with Crippen molar-refractivity contribution < 1.29 is 19.0 Å². The number of rotatable bonds is 20. The number of nitrogens with zero attached hydrogens (tertiary/aromatic N) is 1. The molecule has 1 aromatic rings. The number of hydrogen-bond acceptors (Lipinski definition) is 6. The molecule has 1 saturated heterocycles. The van der Waals surface area contributed by atoms with Crippen LogP contribution in [0.1, 0.15) is 106 Å². The van der Waals surface area contributed by atoms with Crippen LogP contribution in [0.5, 0.6) is 5.75 Å². The normalized spacial score (nSPS) is 14.5. The van der Waals surface area contributed by atoms with Crippen LogP contribution in [0.2, 0.25) is 0 Å². The summed E-state index contributed by atoms with van der Waals surface area (Å²) in [7, 11) is 0. The Morgan fingerprint density at radius 2 is 1.45 bits per heavy atom. The predicted molar refractivity (Wildman–Crippen MR) is 138 cm³/mol. The lowest BCUT2D eigenvalue weighted by Gasteiger charge is -2.26. The monoisotopic (exact) mass is 481 g/mol. The third-order valence-electron chi connectivity index (χ3n) is 6.29. The average Bonchev–Trinajstić information content (AvgIpc) is 3.31. The second-order valence-corrected chi connectivity index (χ2v) is 10.1. The molecule has 0 saturated carbocycles. The number of morpholine rings is 1. The first kappa shape index (κ1) is 28.1. The zero-order chi connectivity index (χ0) is 23.4. The van der Waals surface area contributed by atoms with Crippen molar-refractivity contribution in [2.75, 3.05) is 46.1 Å². The van der Waals surface area contributed by atoms with Gasteiger partial charge >= 0.3 is 5.97 Å². The van der Waals surface area contributed by atoms with E-state index < -0.39 is 0 Å². The minimum atomic E-state index is -0.250. The van der Waals surface area contributed by atoms with E-state index in [0.29, 0.717) is 11.5 Å². The van der Waals surface area contributed by atoms with Gasteiger partial charge in [-0.1, -0.05) is 90.4 Å². The van der Waals surface area contributed by atoms with E-state index in [9.17, 15) is 4.79 Å². The highest BCUT2D eigenvalue weighted by Gasteiger charge is 2.14. The highest BCUT2D eigenvalue weighted by atomic mass is 32.1. The number of thiophene rings is 1. The smallest absolute Gasteiger partial charge is 0.348 e. The van der Waals surface area contributed by atoms with E-state index in [4.69, 9.17) is 14.2 Å². The zero-order valence-electron chi connectivity index (χ0n) is 21.0. The summed E-state index contributed by atoms with van der Waals surface area (Å²) in [5.74, 6) is 0.537. The first-order chi connectivity index (χ1) is 16.3. The van der Waals surface area contributed by atoms with Crippen molar-refractivity contribution in [1.82, 2.24) is 4.90 Å². The highest BCUT2D eigenvalue weighted by molar-refractivity contribution is 7.12. The van der Waals surface area contributed by atoms with Gasteiger partial charge in [0.2, 0.25) is 0 Å². The van der Waals surface area contributed by atoms with E-state index in [0.717, 1.165) is 51.6 Å². The van der Waals surface area contributed by atoms with Crippen LogP contribution in [0, 0.1) is 0 Å². The maximum Gasteiger partial charge on any atom is 0.348 e. The average molecular weight is 482 g/mol. The molecule has 33 heavy (non-hydrogen) atoms. The maximum absolute atomic E-state index is 12.2. The van der Waals surface area contributed by atoms with Gasteiger partial charge < -0.3 is 14.2 Å². The molecule has 0 bridgehead atoms. The molecular weight excluding hydrogens is 434 g/mol. The Hall–Kier alpha value is -1.11. The molecule has 0 aliphatic carbocycles. The van der Waals surface area contributed by atoms with E-state index in [1.165, 1.54) is 94.8 Å². The van der Waals surface area contributed by atoms with E-state index >= 15 is 0 Å². The molecule has 2 rings (SSSR count). The lowest BCUT2D eigenvalue weighted by Crippen LogP contribution is -2.38. The van der Waals surface area contributed by atoms with Gasteiger partial charge in [0.15, 0.2) is 0 Å². The standard InChI is InChI=1S/C27H47NO4S/c1-2-3-4-5-6-7-8-9-10-11-12-13-14-15-19-31-25-23-26(33-24-25)27(29)32-22-18-28-16-20-30-21-17-28/h23-24H,2-22H2,1H3. The molecule has 5 nitrogen and oxygen atoms in total. The fourth-order valence-electron chi connectivity index (χ4n) is 4.15. The molecule has 1 aliphatic heterocycles. The summed E-state index contributed by atoms with van der Waals surface area (Å²) in [5.41, 5.74) is 0. The number of esters is 1. The Labute approximate surface area is 206 Å². The van der Waals surface area contributed by atoms with Crippen LogP contribution >= 0.6 is 11.3 Å². The summed E-state index contributed by atoms with van der Waals surface area (Å²) in [4.78, 5) is 15.1. The predicted octanol–water partition coefficient (Wildman–Crippen LogP) is 7.10. The molecule has 1 fully saturated rings. The van der Waals surface area contributed by atoms with Gasteiger partial charge in [-0.05, 0) is 6.42 Å². The molecule has 0 aromatic carbocycles. The Balaban J connectivity index is 1.38. The van der Waals surface area contributed by atoms with E-state index in [2.05, 4.69) is 11.8 Å². The lowest BCUT2D eigenvalue weighted by atomic mass is 10.0. The van der Waals surface area contributed by atoms with Crippen molar-refractivity contribution in [3.05, 3.63) is 16.3 Å². The summed E-state index contributed by atoms with van der Waals surface area (Å²) in [6.07, 6.45) is 19.0. The van der Waals surface area contributed by atoms with E-state index in [1.54, 1.807) is 0 Å². The summed E-state index contributed by atoms with van der Waals surface area (Å²) < 4.78 is 16.6. The van der Waals surface area contributed by atoms with Gasteiger partial charge in [0.05, 0.1) is 19.8 Å². The van der Waals surface area contributed by atoms with E-state index in [1.807, 2.05) is 11.4 Å². The molecule has 0 unspecified atom stereocenters. The van der Waals surface area contributed by atoms with Crippen LogP contribution < -0.4 is 4.74 Å². The van der Waals surface area contributed by atoms with Crippen molar-refractivity contribution in [1.29, 1.82) is 0 Å². The first-order valence-electron chi connectivity index (χ1n) is 13.5. The van der Waals surface area contributed by atoms with Crippen LogP contribution in [0.4, 0.5) is 0 Å². The minimum Gasteiger partial charge on any atom is -0.493 e. The Bertz CT molecular complexity index is 601. The van der Waals surface area contributed by atoms with Crippen LogP contribution in [0.25, 0.3) is 0 Å². The fraction of sp³-hybridized carbons (Fsp3) is 0.815. The number of carbonyl (C=O) groups is 1. The summed E-state index contributed by atoms with van der Waals surface area (Å²) in [6.45, 7) is 7.54. The number of ether oxygens (including phenoxy) is 3. The molecule has 0 N–H and O–H groups in total. The molecule has 0 amide bonds. The Morgan fingerprint density at radius 1 is 0.879 bits per heavy atom. The largest absolute Gasteiger partial charge is 0.493 e. The van der Waals surface area contributed by atoms with Crippen LogP contribution in [-0.2, 0) is 9.47 Å². The zero-order valence-corrected chi connectivity index (χ0v) is 21.8. The van der Waals surface area contributed by atoms with Crippen LogP contribution in [0.15, 0.2) is 11.4 Å². The molecular formula is C27H47NO4S. The number of unbranched alkanes of at least 4 members (excludes halogenated alkanes) is 13. The maximum atomic E-state index is 12.2. The molecule has 1 aliphatic rings. The van der Waals surface area contributed by atoms with Gasteiger partial charge in [-0.15, -0.1) is 11.3 Å². The molecule has 190 valence electrons. The van der Waals surface area contributed by atoms with Gasteiger partial charge in [0, 0.05) is 31.1 Å². The molecule has 0 spiro atoms. The Morgan fingerprint density at radius 3 is 2.06 bits per heavy atom. The van der Waals surface area contributed by atoms with Gasteiger partial charge in [-0.2, -0.15) is 0 Å². The Kier molecular flexibility index (Phi) is 16.4. The fourth-order valence-corrected chi connectivity index (χ4v) is 4.87. The number of hydrogen-bond donors (Lipinski definition) is 0. The molecule has 2 heterocycles. The van der Waals surface area contributed by atoms with Crippen molar-refractivity contribution in [3.63, 3.8) is 0 Å². The summed E-state index contributed by atoms with van der Waals surface area (Å²) in [5, 5.41) is 1.91. The van der Waals surface area contributed by atoms with Gasteiger partial charge in [-0.3, -0.25) is 4.90 Å². The SMILES string of the molecule is CCCCCCCCCCCCCCCCOc1csc(C(=O)OCCN2CCOCC2)c1. The van der Waals surface area contributed by atoms with Crippen LogP contribution in [-0.4, -0.2) is 56.9 Å². The van der Waals surface area contributed by atoms with Crippen molar-refractivity contribution in [3.8, 4) is 5.75 Å². The number of carbonyl (C=O) groups excluding carboxylic acids is 1. The summed E-state index contributed by atoms with van der Waals surface area (Å²) in [6, 6.07) is 1.81. The summed E-state index contributed by atoms with van der Waals surface area (Å²) >= 11 is 1.40. The van der Waals surface area contributed by atoms with Crippen molar-refractivity contribution in [2.24, 2.45) is 0 Å². The van der Waals surface area contributed by atoms with Crippen LogP contribution in [0.3, 0.4) is 0 Å². The third kappa shape index (κ3) is 14.0. The molecule has 0 radical (unpaired) electrons. The van der Waals surface area contributed by atoms with Gasteiger partial charge in [-0.25, -0.2) is 4.79 Å². The van der Waals surface area contributed by atoms with Crippen molar-refractivity contribution in [2.45, 2.75) is 96.8 Å². The first-order valence-corrected chi connectivity index (χ1v) is 14.4. The van der Waals surface area contributed by atoms with E-state index in [-0.39, 0.29) is 5.97 Å². The lowest BCUT2D eigenvalue weighted by molar-refractivity contribution is 0.0197. The topological polar surface area (TPSA) is 48.0 Å². The second-order valence-electron chi connectivity index (χ2n) is 9.18. The molecule has 1 aromatic heterocycles. The third-order valence-corrected chi connectivity index (χ3v) is 7.18. The molecule has 0 atom stereocenters. The van der Waals surface area contributed by atoms with Gasteiger partial charge in [0.25, 0.3) is 0 Å². The quantitative estimate of drug-likeness (QED) is 0.147. The van der Waals surface area contributed by atoms with Crippen molar-refractivity contribution >= 4 is 17.3 Å². The van der Waals surface area contributed by atoms with Gasteiger partial charge in [0.1, 0.15) is 17.2 Å². The second kappa shape index (κ2) is 19.2. The highest BCUT2D eigenvalue weighted by Crippen LogP contribution is 2.23. The minimum absolute atomic E-state index is 0.250.